The van der Waals surface area contributed by atoms with E-state index in [1.165, 1.54) is 142 Å². The van der Waals surface area contributed by atoms with Gasteiger partial charge in [0.2, 0.25) is 0 Å². The Morgan fingerprint density at radius 3 is 1.17 bits per heavy atom. The molecule has 0 spiro atoms. The van der Waals surface area contributed by atoms with Gasteiger partial charge in [-0.05, 0) is 38.9 Å². The van der Waals surface area contributed by atoms with Crippen molar-refractivity contribution in [1.82, 2.24) is 4.90 Å². The summed E-state index contributed by atoms with van der Waals surface area (Å²) in [5, 5.41) is 9.65. The molecule has 0 fully saturated rings. The summed E-state index contributed by atoms with van der Waals surface area (Å²) in [6.07, 6.45) is 29.4. The molecule has 0 amide bonds. The molecule has 0 rings (SSSR count). The van der Waals surface area contributed by atoms with Crippen molar-refractivity contribution in [2.75, 3.05) is 40.8 Å². The highest BCUT2D eigenvalue weighted by Crippen LogP contribution is 2.15. The van der Waals surface area contributed by atoms with Crippen LogP contribution in [0.1, 0.15) is 155 Å². The molecule has 1 unspecified atom stereocenters. The van der Waals surface area contributed by atoms with Crippen molar-refractivity contribution in [3.8, 4) is 0 Å². The van der Waals surface area contributed by atoms with Crippen molar-refractivity contribution < 1.29 is 14.4 Å². The van der Waals surface area contributed by atoms with Crippen LogP contribution in [-0.4, -0.2) is 67.3 Å². The van der Waals surface area contributed by atoms with Crippen molar-refractivity contribution in [1.29, 1.82) is 0 Å². The number of hydrogen-bond acceptors (Lipinski definition) is 2. The van der Waals surface area contributed by atoms with Crippen molar-refractivity contribution in [2.45, 2.75) is 161 Å². The van der Waals surface area contributed by atoms with Crippen LogP contribution in [0.5, 0.6) is 0 Å². The van der Waals surface area contributed by atoms with Crippen LogP contribution in [0.4, 0.5) is 0 Å². The van der Waals surface area contributed by atoms with Crippen molar-refractivity contribution in [3.63, 3.8) is 0 Å². The third-order valence-electron chi connectivity index (χ3n) is 7.83. The van der Waals surface area contributed by atoms with E-state index in [0.717, 1.165) is 19.4 Å². The topological polar surface area (TPSA) is 40.5 Å². The van der Waals surface area contributed by atoms with Gasteiger partial charge in [-0.2, -0.15) is 0 Å². The number of aliphatic carboxylic acids is 1. The molecule has 0 saturated carbocycles. The highest BCUT2D eigenvalue weighted by Gasteiger charge is 2.30. The van der Waals surface area contributed by atoms with E-state index in [9.17, 15) is 9.90 Å². The van der Waals surface area contributed by atoms with Gasteiger partial charge in [-0.3, -0.25) is 0 Å². The third kappa shape index (κ3) is 22.6. The summed E-state index contributed by atoms with van der Waals surface area (Å²) in [4.78, 5) is 14.4. The van der Waals surface area contributed by atoms with Gasteiger partial charge in [0.15, 0.2) is 6.04 Å². The molecule has 0 aliphatic heterocycles. The summed E-state index contributed by atoms with van der Waals surface area (Å²) < 4.78 is 0.506. The Hall–Kier alpha value is -0.610. The molecule has 0 radical (unpaired) electrons. The van der Waals surface area contributed by atoms with Gasteiger partial charge >= 0.3 is 5.97 Å². The van der Waals surface area contributed by atoms with Gasteiger partial charge in [-0.1, -0.05) is 129 Å². The summed E-state index contributed by atoms with van der Waals surface area (Å²) in [5.74, 6) is -0.654. The van der Waals surface area contributed by atoms with Gasteiger partial charge in [0.05, 0.1) is 21.1 Å². The maximum Gasteiger partial charge on any atom is 0.362 e. The number of carboxylic acid groups (broad SMARTS) is 1. The predicted molar refractivity (Wildman–Crippen MR) is 159 cm³/mol. The van der Waals surface area contributed by atoms with Gasteiger partial charge in [-0.15, -0.1) is 0 Å². The van der Waals surface area contributed by atoms with Gasteiger partial charge in [0, 0.05) is 6.42 Å². The Bertz CT molecular complexity index is 451. The van der Waals surface area contributed by atoms with Crippen LogP contribution >= 0.6 is 0 Å². The van der Waals surface area contributed by atoms with E-state index in [-0.39, 0.29) is 6.04 Å². The summed E-state index contributed by atoms with van der Waals surface area (Å²) in [7, 11) is 6.01. The van der Waals surface area contributed by atoms with Crippen LogP contribution in [0, 0.1) is 0 Å². The molecule has 4 heteroatoms. The predicted octanol–water partition coefficient (Wildman–Crippen LogP) is 9.07. The van der Waals surface area contributed by atoms with Gasteiger partial charge < -0.3 is 14.5 Å². The van der Waals surface area contributed by atoms with Gasteiger partial charge in [-0.25, -0.2) is 4.79 Å². The Kier molecular flexibility index (Phi) is 24.3. The molecule has 0 aliphatic rings. The van der Waals surface area contributed by atoms with Gasteiger partial charge in [0.1, 0.15) is 0 Å². The highest BCUT2D eigenvalue weighted by molar-refractivity contribution is 5.72. The lowest BCUT2D eigenvalue weighted by Gasteiger charge is -2.31. The van der Waals surface area contributed by atoms with Crippen LogP contribution in [0.15, 0.2) is 0 Å². The minimum absolute atomic E-state index is 0.304. The van der Waals surface area contributed by atoms with Crippen LogP contribution in [0.25, 0.3) is 0 Å². The fourth-order valence-electron chi connectivity index (χ4n) is 5.33. The van der Waals surface area contributed by atoms with Crippen LogP contribution in [0.3, 0.4) is 0 Å². The van der Waals surface area contributed by atoms with E-state index in [1.807, 2.05) is 21.1 Å². The van der Waals surface area contributed by atoms with E-state index in [4.69, 9.17) is 0 Å². The number of likely N-dealkylation sites (N-methyl/N-ethyl adjacent to an activating group) is 1. The Morgan fingerprint density at radius 1 is 0.556 bits per heavy atom. The average Bonchev–Trinajstić information content (AvgIpc) is 2.82. The molecular weight excluding hydrogens is 444 g/mol. The zero-order valence-electron chi connectivity index (χ0n) is 25.5. The van der Waals surface area contributed by atoms with Gasteiger partial charge in [0.25, 0.3) is 0 Å². The number of nitrogens with zero attached hydrogens (tertiary/aromatic N) is 2. The molecule has 0 bridgehead atoms. The van der Waals surface area contributed by atoms with E-state index < -0.39 is 5.97 Å². The fourth-order valence-corrected chi connectivity index (χ4v) is 5.33. The lowest BCUT2D eigenvalue weighted by atomic mass is 10.1. The number of carboxylic acids is 1. The summed E-state index contributed by atoms with van der Waals surface area (Å²) in [6, 6.07) is -0.304. The minimum atomic E-state index is -0.654. The minimum Gasteiger partial charge on any atom is -0.477 e. The van der Waals surface area contributed by atoms with E-state index in [1.54, 1.807) is 0 Å². The van der Waals surface area contributed by atoms with Crippen LogP contribution < -0.4 is 0 Å². The lowest BCUT2D eigenvalue weighted by molar-refractivity contribution is -0.887. The first-order valence-electron chi connectivity index (χ1n) is 16.1. The van der Waals surface area contributed by atoms with Crippen LogP contribution in [0.2, 0.25) is 0 Å². The fraction of sp³-hybridized carbons (Fsp3) is 0.969. The molecule has 4 nitrogen and oxygen atoms in total. The first-order valence-corrected chi connectivity index (χ1v) is 16.1. The standard InChI is InChI=1S/C32H66N2O2/c1-6-8-10-12-14-16-18-20-22-24-28-33(30-26-27-31(32(35)36)34(3,4)5)29-25-23-21-19-17-15-13-11-9-7-2/h31H,6-30H2,1-5H3/p+1. The van der Waals surface area contributed by atoms with E-state index in [0.29, 0.717) is 4.48 Å². The molecular formula is C32H67N2O2+. The number of hydrogen-bond donors (Lipinski definition) is 1. The SMILES string of the molecule is CCCCCCCCCCCCN(CCCCCCCCCCCC)CCCC(C(=O)O)[N+](C)(C)C. The molecule has 0 aromatic heterocycles. The maximum atomic E-state index is 11.7. The molecule has 0 aliphatic carbocycles. The first kappa shape index (κ1) is 35.4. The second-order valence-corrected chi connectivity index (χ2v) is 12.3. The molecule has 0 aromatic rings. The molecule has 1 atom stereocenters. The Morgan fingerprint density at radius 2 is 0.861 bits per heavy atom. The third-order valence-corrected chi connectivity index (χ3v) is 7.83. The molecule has 216 valence electrons. The number of quaternary nitrogens is 1. The number of unbranched alkanes of at least 4 members (excludes halogenated alkanes) is 18. The average molecular weight is 512 g/mol. The quantitative estimate of drug-likeness (QED) is 0.0841. The molecule has 1 N–H and O–H groups in total. The molecule has 0 heterocycles. The number of rotatable bonds is 28. The maximum absolute atomic E-state index is 11.7. The zero-order chi connectivity index (χ0) is 26.9. The monoisotopic (exact) mass is 512 g/mol. The molecule has 0 aromatic carbocycles. The smallest absolute Gasteiger partial charge is 0.362 e. The molecule has 0 saturated heterocycles. The van der Waals surface area contributed by atoms with Crippen molar-refractivity contribution >= 4 is 5.97 Å². The second kappa shape index (κ2) is 24.7. The lowest BCUT2D eigenvalue weighted by Crippen LogP contribution is -2.50. The Balaban J connectivity index is 4.19. The summed E-state index contributed by atoms with van der Waals surface area (Å²) >= 11 is 0. The normalized spacial score (nSPS) is 12.9. The second-order valence-electron chi connectivity index (χ2n) is 12.3. The summed E-state index contributed by atoms with van der Waals surface area (Å²) in [5.41, 5.74) is 0. The zero-order valence-corrected chi connectivity index (χ0v) is 25.5. The first-order chi connectivity index (χ1) is 17.3. The number of carbonyl (C=O) groups is 1. The van der Waals surface area contributed by atoms with E-state index in [2.05, 4.69) is 18.7 Å². The summed E-state index contributed by atoms with van der Waals surface area (Å²) in [6.45, 7) is 8.01. The largest absolute Gasteiger partial charge is 0.477 e. The Labute approximate surface area is 227 Å². The highest BCUT2D eigenvalue weighted by atomic mass is 16.4. The van der Waals surface area contributed by atoms with Crippen LogP contribution in [-0.2, 0) is 4.79 Å². The molecule has 36 heavy (non-hydrogen) atoms. The van der Waals surface area contributed by atoms with Crippen molar-refractivity contribution in [3.05, 3.63) is 0 Å². The van der Waals surface area contributed by atoms with E-state index >= 15 is 0 Å². The van der Waals surface area contributed by atoms with Crippen molar-refractivity contribution in [2.24, 2.45) is 0 Å².